The van der Waals surface area contributed by atoms with Gasteiger partial charge in [0.15, 0.2) is 5.11 Å². The van der Waals surface area contributed by atoms with Gasteiger partial charge in [-0.05, 0) is 48.8 Å². The van der Waals surface area contributed by atoms with E-state index in [1.165, 1.54) is 19.3 Å². The lowest BCUT2D eigenvalue weighted by Gasteiger charge is -2.03. The second kappa shape index (κ2) is 10.6. The molecule has 120 valence electrons. The van der Waals surface area contributed by atoms with Crippen LogP contribution < -0.4 is 11.2 Å². The fourth-order valence-electron chi connectivity index (χ4n) is 1.84. The van der Waals surface area contributed by atoms with Crippen molar-refractivity contribution in [3.05, 3.63) is 39.9 Å². The van der Waals surface area contributed by atoms with Crippen LogP contribution in [0.3, 0.4) is 0 Å². The van der Waals surface area contributed by atoms with Crippen molar-refractivity contribution in [1.29, 1.82) is 0 Å². The molecule has 0 aliphatic heterocycles. The zero-order valence-corrected chi connectivity index (χ0v) is 14.9. The molecule has 6 heteroatoms. The van der Waals surface area contributed by atoms with Gasteiger partial charge in [-0.2, -0.15) is 5.10 Å². The quantitative estimate of drug-likeness (QED) is 0.292. The number of nitrogens with zero attached hydrogens (tertiary/aromatic N) is 1. The first-order valence-electron chi connectivity index (χ1n) is 7.28. The summed E-state index contributed by atoms with van der Waals surface area (Å²) in [7, 11) is 0. The monoisotopic (exact) mass is 357 g/mol. The molecule has 0 aromatic heterocycles. The third-order valence-corrected chi connectivity index (χ3v) is 3.84. The van der Waals surface area contributed by atoms with Crippen molar-refractivity contribution in [3.63, 3.8) is 0 Å². The Morgan fingerprint density at radius 1 is 1.27 bits per heavy atom. The molecule has 0 bridgehead atoms. The molecule has 0 fully saturated rings. The molecule has 0 spiro atoms. The van der Waals surface area contributed by atoms with Crippen LogP contribution in [0.1, 0.15) is 44.6 Å². The molecule has 0 radical (unpaired) electrons. The van der Waals surface area contributed by atoms with Gasteiger partial charge in [-0.25, -0.2) is 0 Å². The average molecular weight is 358 g/mol. The molecule has 0 unspecified atom stereocenters. The minimum absolute atomic E-state index is 0.161. The van der Waals surface area contributed by atoms with Crippen LogP contribution in [0.2, 0.25) is 10.0 Å². The SMILES string of the molecule is CCCCCCC(C=Cc1ccc(Cl)c(Cl)c1)=NNC(N)=S. The van der Waals surface area contributed by atoms with Gasteiger partial charge in [0, 0.05) is 0 Å². The molecule has 3 N–H and O–H groups in total. The zero-order valence-electron chi connectivity index (χ0n) is 12.6. The van der Waals surface area contributed by atoms with E-state index in [9.17, 15) is 0 Å². The topological polar surface area (TPSA) is 50.4 Å². The van der Waals surface area contributed by atoms with Crippen LogP contribution in [0.5, 0.6) is 0 Å². The zero-order chi connectivity index (χ0) is 16.4. The van der Waals surface area contributed by atoms with Gasteiger partial charge in [-0.15, -0.1) is 0 Å². The van der Waals surface area contributed by atoms with Crippen LogP contribution in [0.4, 0.5) is 0 Å². The molecule has 0 atom stereocenters. The van der Waals surface area contributed by atoms with Crippen molar-refractivity contribution >= 4 is 52.3 Å². The lowest BCUT2D eigenvalue weighted by molar-refractivity contribution is 0.682. The Morgan fingerprint density at radius 3 is 2.68 bits per heavy atom. The fraction of sp³-hybridized carbons (Fsp3) is 0.375. The van der Waals surface area contributed by atoms with E-state index in [0.29, 0.717) is 10.0 Å². The highest BCUT2D eigenvalue weighted by Crippen LogP contribution is 2.23. The number of nitrogens with one attached hydrogen (secondary N) is 1. The summed E-state index contributed by atoms with van der Waals surface area (Å²) in [4.78, 5) is 0. The third-order valence-electron chi connectivity index (χ3n) is 3.01. The number of hydrogen-bond donors (Lipinski definition) is 2. The molecule has 0 saturated carbocycles. The molecule has 0 aliphatic carbocycles. The Bertz CT molecular complexity index is 556. The summed E-state index contributed by atoms with van der Waals surface area (Å²) in [6.07, 6.45) is 9.45. The number of rotatable bonds is 8. The third kappa shape index (κ3) is 7.78. The molecule has 0 saturated heterocycles. The van der Waals surface area contributed by atoms with E-state index in [1.54, 1.807) is 6.07 Å². The Morgan fingerprint density at radius 2 is 2.05 bits per heavy atom. The normalized spacial score (nSPS) is 11.9. The van der Waals surface area contributed by atoms with Crippen molar-refractivity contribution in [2.75, 3.05) is 0 Å². The van der Waals surface area contributed by atoms with Crippen LogP contribution in [-0.4, -0.2) is 10.8 Å². The van der Waals surface area contributed by atoms with Gasteiger partial charge in [0.1, 0.15) is 0 Å². The van der Waals surface area contributed by atoms with Gasteiger partial charge in [0.05, 0.1) is 15.8 Å². The van der Waals surface area contributed by atoms with Crippen LogP contribution in [0.15, 0.2) is 29.4 Å². The second-order valence-corrected chi connectivity index (χ2v) is 6.15. The van der Waals surface area contributed by atoms with Crippen molar-refractivity contribution < 1.29 is 0 Å². The van der Waals surface area contributed by atoms with Crippen molar-refractivity contribution in [3.8, 4) is 0 Å². The summed E-state index contributed by atoms with van der Waals surface area (Å²) in [5, 5.41) is 5.47. The number of halogens is 2. The summed E-state index contributed by atoms with van der Waals surface area (Å²) in [6.45, 7) is 2.19. The number of hydrogen-bond acceptors (Lipinski definition) is 2. The molecule has 0 heterocycles. The van der Waals surface area contributed by atoms with E-state index in [-0.39, 0.29) is 5.11 Å². The highest BCUT2D eigenvalue weighted by atomic mass is 35.5. The maximum Gasteiger partial charge on any atom is 0.184 e. The van der Waals surface area contributed by atoms with Crippen LogP contribution >= 0.6 is 35.4 Å². The number of thiocarbonyl (C=S) groups is 1. The number of hydrazone groups is 1. The number of benzene rings is 1. The Labute approximate surface area is 147 Å². The molecule has 1 aromatic carbocycles. The van der Waals surface area contributed by atoms with E-state index in [0.717, 1.165) is 24.1 Å². The van der Waals surface area contributed by atoms with Crippen molar-refractivity contribution in [2.24, 2.45) is 10.8 Å². The molecular weight excluding hydrogens is 337 g/mol. The van der Waals surface area contributed by atoms with Gasteiger partial charge in [-0.1, -0.05) is 61.5 Å². The van der Waals surface area contributed by atoms with Crippen molar-refractivity contribution in [1.82, 2.24) is 5.43 Å². The lowest BCUT2D eigenvalue weighted by atomic mass is 10.1. The van der Waals surface area contributed by atoms with Crippen molar-refractivity contribution in [2.45, 2.75) is 39.0 Å². The van der Waals surface area contributed by atoms with Gasteiger partial charge in [0.2, 0.25) is 0 Å². The summed E-state index contributed by atoms with van der Waals surface area (Å²) in [6, 6.07) is 5.49. The number of nitrogens with two attached hydrogens (primary N) is 1. The molecule has 1 aromatic rings. The lowest BCUT2D eigenvalue weighted by Crippen LogP contribution is -2.25. The molecule has 0 aliphatic rings. The van der Waals surface area contributed by atoms with E-state index in [4.69, 9.17) is 41.2 Å². The highest BCUT2D eigenvalue weighted by molar-refractivity contribution is 7.80. The maximum absolute atomic E-state index is 6.01. The molecule has 0 amide bonds. The molecule has 22 heavy (non-hydrogen) atoms. The molecule has 3 nitrogen and oxygen atoms in total. The molecular formula is C16H21Cl2N3S. The predicted molar refractivity (Wildman–Crippen MR) is 102 cm³/mol. The standard InChI is InChI=1S/C16H21Cl2N3S/c1-2-3-4-5-6-13(20-21-16(19)22)9-7-12-8-10-14(17)15(18)11-12/h7-11H,2-6H2,1H3,(H3,19,21,22). The van der Waals surface area contributed by atoms with E-state index in [1.807, 2.05) is 24.3 Å². The summed E-state index contributed by atoms with van der Waals surface area (Å²) >= 11 is 16.7. The van der Waals surface area contributed by atoms with Gasteiger partial charge in [0.25, 0.3) is 0 Å². The minimum atomic E-state index is 0.161. The summed E-state index contributed by atoms with van der Waals surface area (Å²) in [5.74, 6) is 0. The average Bonchev–Trinajstić information content (AvgIpc) is 2.48. The first kappa shape index (κ1) is 18.9. The predicted octanol–water partition coefficient (Wildman–Crippen LogP) is 5.17. The van der Waals surface area contributed by atoms with E-state index >= 15 is 0 Å². The number of allylic oxidation sites excluding steroid dienone is 1. The number of unbranched alkanes of at least 4 members (excludes halogenated alkanes) is 3. The van der Waals surface area contributed by atoms with Gasteiger partial charge in [-0.3, -0.25) is 5.43 Å². The maximum atomic E-state index is 6.01. The Hall–Kier alpha value is -1.10. The Balaban J connectivity index is 2.72. The minimum Gasteiger partial charge on any atom is -0.375 e. The first-order chi connectivity index (χ1) is 10.5. The van der Waals surface area contributed by atoms with E-state index in [2.05, 4.69) is 17.5 Å². The Kier molecular flexibility index (Phi) is 9.13. The molecule has 1 rings (SSSR count). The summed E-state index contributed by atoms with van der Waals surface area (Å²) in [5.41, 5.74) is 9.92. The van der Waals surface area contributed by atoms with Gasteiger partial charge < -0.3 is 5.73 Å². The van der Waals surface area contributed by atoms with E-state index < -0.39 is 0 Å². The first-order valence-corrected chi connectivity index (χ1v) is 8.44. The van der Waals surface area contributed by atoms with Crippen LogP contribution in [0.25, 0.3) is 6.08 Å². The smallest absolute Gasteiger partial charge is 0.184 e. The van der Waals surface area contributed by atoms with Crippen LogP contribution in [0, 0.1) is 0 Å². The van der Waals surface area contributed by atoms with Gasteiger partial charge >= 0.3 is 0 Å². The summed E-state index contributed by atoms with van der Waals surface area (Å²) < 4.78 is 0. The highest BCUT2D eigenvalue weighted by Gasteiger charge is 1.99. The van der Waals surface area contributed by atoms with Crippen LogP contribution in [-0.2, 0) is 0 Å². The largest absolute Gasteiger partial charge is 0.375 e. The fourth-order valence-corrected chi connectivity index (χ4v) is 2.20. The second-order valence-electron chi connectivity index (χ2n) is 4.90.